The van der Waals surface area contributed by atoms with Crippen LogP contribution in [0.3, 0.4) is 0 Å². The Morgan fingerprint density at radius 2 is 1.95 bits per heavy atom. The van der Waals surface area contributed by atoms with Crippen LogP contribution in [0, 0.1) is 11.3 Å². The van der Waals surface area contributed by atoms with Crippen molar-refractivity contribution in [2.75, 3.05) is 0 Å². The maximum atomic E-state index is 9.38. The van der Waals surface area contributed by atoms with Crippen LogP contribution >= 0.6 is 11.3 Å². The summed E-state index contributed by atoms with van der Waals surface area (Å²) in [6, 6.07) is 2.26. The molecule has 0 aliphatic rings. The Kier molecular flexibility index (Phi) is 3.64. The summed E-state index contributed by atoms with van der Waals surface area (Å²) in [7, 11) is 0. The second-order valence-corrected chi connectivity index (χ2v) is 6.81. The second kappa shape index (κ2) is 4.93. The zero-order valence-electron chi connectivity index (χ0n) is 12.2. The first-order chi connectivity index (χ1) is 8.92. The van der Waals surface area contributed by atoms with Crippen molar-refractivity contribution in [3.8, 4) is 6.07 Å². The molecule has 0 amide bonds. The third-order valence-corrected chi connectivity index (χ3v) is 4.44. The topological polar surface area (TPSA) is 54.0 Å². The average Bonchev–Trinajstić information content (AvgIpc) is 2.86. The summed E-state index contributed by atoms with van der Waals surface area (Å²) in [6.45, 7) is 10.6. The third-order valence-electron chi connectivity index (χ3n) is 3.37. The van der Waals surface area contributed by atoms with Crippen molar-refractivity contribution in [3.05, 3.63) is 16.4 Å². The first-order valence-electron chi connectivity index (χ1n) is 6.72. The molecule has 2 aromatic rings. The fourth-order valence-electron chi connectivity index (χ4n) is 2.19. The normalized spacial score (nSPS) is 12.3. The van der Waals surface area contributed by atoms with E-state index in [1.807, 2.05) is 0 Å². The molecule has 0 bridgehead atoms. The Hall–Kier alpha value is -1.41. The van der Waals surface area contributed by atoms with E-state index in [-0.39, 0.29) is 5.41 Å². The number of imidazole rings is 1. The number of nitrogens with zero attached hydrogens (tertiary/aromatic N) is 4. The molecule has 0 fully saturated rings. The van der Waals surface area contributed by atoms with Crippen LogP contribution < -0.4 is 0 Å². The van der Waals surface area contributed by atoms with E-state index in [4.69, 9.17) is 0 Å². The van der Waals surface area contributed by atoms with Crippen LogP contribution in [0.5, 0.6) is 0 Å². The Bertz CT molecular complexity index is 620. The lowest BCUT2D eigenvalue weighted by atomic mass is 9.91. The highest BCUT2D eigenvalue weighted by Crippen LogP contribution is 2.31. The van der Waals surface area contributed by atoms with Crippen LogP contribution in [-0.2, 0) is 5.41 Å². The molecule has 2 heterocycles. The molecule has 0 unspecified atom stereocenters. The van der Waals surface area contributed by atoms with E-state index in [0.717, 1.165) is 28.5 Å². The molecule has 0 N–H and O–H groups in total. The number of hydrogen-bond donors (Lipinski definition) is 0. The molecule has 0 aliphatic heterocycles. The van der Waals surface area contributed by atoms with Crippen LogP contribution in [0.15, 0.2) is 0 Å². The lowest BCUT2D eigenvalue weighted by molar-refractivity contribution is 0.569. The Balaban J connectivity index is 2.59. The van der Waals surface area contributed by atoms with Gasteiger partial charge in [0.1, 0.15) is 11.1 Å². The van der Waals surface area contributed by atoms with E-state index in [2.05, 4.69) is 50.8 Å². The van der Waals surface area contributed by atoms with Gasteiger partial charge in [0.15, 0.2) is 5.69 Å². The Morgan fingerprint density at radius 3 is 2.42 bits per heavy atom. The van der Waals surface area contributed by atoms with E-state index in [9.17, 15) is 5.26 Å². The summed E-state index contributed by atoms with van der Waals surface area (Å²) in [5.74, 6) is 0.469. The molecule has 0 radical (unpaired) electrons. The van der Waals surface area contributed by atoms with Crippen LogP contribution in [0.25, 0.3) is 4.96 Å². The summed E-state index contributed by atoms with van der Waals surface area (Å²) in [5, 5.41) is 15.1. The molecule has 0 saturated carbocycles. The van der Waals surface area contributed by atoms with Gasteiger partial charge in [0, 0.05) is 11.3 Å². The zero-order valence-corrected chi connectivity index (χ0v) is 13.0. The van der Waals surface area contributed by atoms with E-state index in [0.29, 0.717) is 11.6 Å². The van der Waals surface area contributed by atoms with Crippen molar-refractivity contribution in [2.45, 2.75) is 58.8 Å². The quantitative estimate of drug-likeness (QED) is 0.855. The van der Waals surface area contributed by atoms with Gasteiger partial charge < -0.3 is 0 Å². The number of fused-ring (bicyclic) bond motifs is 1. The predicted molar refractivity (Wildman–Crippen MR) is 77.6 cm³/mol. The minimum atomic E-state index is -0.131. The van der Waals surface area contributed by atoms with Crippen LogP contribution in [0.1, 0.15) is 69.8 Å². The van der Waals surface area contributed by atoms with Gasteiger partial charge in [-0.15, -0.1) is 0 Å². The standard InChI is InChI=1S/C14H20N4S/c1-6-9(7-2)12-17-18-10(8-15)11(14(3,4)5)16-13(18)19-12/h9H,6-7H2,1-5H3. The lowest BCUT2D eigenvalue weighted by Crippen LogP contribution is -2.14. The van der Waals surface area contributed by atoms with E-state index in [1.54, 1.807) is 15.9 Å². The van der Waals surface area contributed by atoms with E-state index >= 15 is 0 Å². The molecule has 19 heavy (non-hydrogen) atoms. The van der Waals surface area contributed by atoms with Gasteiger partial charge in [0.2, 0.25) is 4.96 Å². The molecule has 4 nitrogen and oxygen atoms in total. The zero-order chi connectivity index (χ0) is 14.2. The van der Waals surface area contributed by atoms with Crippen molar-refractivity contribution in [1.82, 2.24) is 14.6 Å². The van der Waals surface area contributed by atoms with Gasteiger partial charge in [-0.05, 0) is 12.8 Å². The highest BCUT2D eigenvalue weighted by atomic mass is 32.1. The molecule has 102 valence electrons. The smallest absolute Gasteiger partial charge is 0.213 e. The van der Waals surface area contributed by atoms with Crippen molar-refractivity contribution < 1.29 is 0 Å². The largest absolute Gasteiger partial charge is 0.221 e. The van der Waals surface area contributed by atoms with Gasteiger partial charge >= 0.3 is 0 Å². The van der Waals surface area contributed by atoms with Gasteiger partial charge in [-0.3, -0.25) is 0 Å². The Morgan fingerprint density at radius 1 is 1.32 bits per heavy atom. The highest BCUT2D eigenvalue weighted by Gasteiger charge is 2.26. The summed E-state index contributed by atoms with van der Waals surface area (Å²) >= 11 is 1.61. The van der Waals surface area contributed by atoms with Gasteiger partial charge in [0.25, 0.3) is 0 Å². The van der Waals surface area contributed by atoms with Gasteiger partial charge in [-0.2, -0.15) is 14.9 Å². The SMILES string of the molecule is CCC(CC)c1nn2c(C#N)c(C(C)(C)C)nc2s1. The first kappa shape index (κ1) is 14.0. The van der Waals surface area contributed by atoms with Crippen LogP contribution in [0.2, 0.25) is 0 Å². The van der Waals surface area contributed by atoms with E-state index < -0.39 is 0 Å². The first-order valence-corrected chi connectivity index (χ1v) is 7.54. The van der Waals surface area contributed by atoms with Crippen molar-refractivity contribution in [2.24, 2.45) is 0 Å². The number of hydrogen-bond acceptors (Lipinski definition) is 4. The summed E-state index contributed by atoms with van der Waals surface area (Å²) < 4.78 is 1.72. The van der Waals surface area contributed by atoms with Crippen molar-refractivity contribution in [1.29, 1.82) is 5.26 Å². The minimum Gasteiger partial charge on any atom is -0.221 e. The average molecular weight is 276 g/mol. The number of aromatic nitrogens is 3. The molecule has 0 aliphatic carbocycles. The van der Waals surface area contributed by atoms with E-state index in [1.165, 1.54) is 0 Å². The minimum absolute atomic E-state index is 0.131. The van der Waals surface area contributed by atoms with Gasteiger partial charge in [-0.25, -0.2) is 4.98 Å². The van der Waals surface area contributed by atoms with Crippen LogP contribution in [0.4, 0.5) is 0 Å². The predicted octanol–water partition coefficient (Wildman–Crippen LogP) is 3.86. The lowest BCUT2D eigenvalue weighted by Gasteiger charge is -2.15. The van der Waals surface area contributed by atoms with Crippen molar-refractivity contribution >= 4 is 16.3 Å². The van der Waals surface area contributed by atoms with Gasteiger partial charge in [0.05, 0.1) is 5.69 Å². The maximum absolute atomic E-state index is 9.38. The molecule has 0 saturated heterocycles. The van der Waals surface area contributed by atoms with Crippen LogP contribution in [-0.4, -0.2) is 14.6 Å². The number of rotatable bonds is 3. The summed E-state index contributed by atoms with van der Waals surface area (Å²) in [6.07, 6.45) is 2.14. The molecule has 0 atom stereocenters. The monoisotopic (exact) mass is 276 g/mol. The fourth-order valence-corrected chi connectivity index (χ4v) is 3.35. The van der Waals surface area contributed by atoms with Crippen molar-refractivity contribution in [3.63, 3.8) is 0 Å². The molecule has 0 spiro atoms. The third kappa shape index (κ3) is 2.37. The van der Waals surface area contributed by atoms with Gasteiger partial charge in [-0.1, -0.05) is 46.0 Å². The molecular formula is C14H20N4S. The molecular weight excluding hydrogens is 256 g/mol. The Labute approximate surface area is 118 Å². The molecule has 5 heteroatoms. The maximum Gasteiger partial charge on any atom is 0.213 e. The second-order valence-electron chi connectivity index (χ2n) is 5.82. The number of nitriles is 1. The molecule has 2 rings (SSSR count). The molecule has 2 aromatic heterocycles. The highest BCUT2D eigenvalue weighted by molar-refractivity contribution is 7.16. The fraction of sp³-hybridized carbons (Fsp3) is 0.643. The summed E-state index contributed by atoms with van der Waals surface area (Å²) in [4.78, 5) is 5.46. The molecule has 0 aromatic carbocycles. The summed E-state index contributed by atoms with van der Waals surface area (Å²) in [5.41, 5.74) is 1.29.